The number of rotatable bonds is 8. The van der Waals surface area contributed by atoms with E-state index in [0.717, 1.165) is 32.5 Å². The number of nitrogens with one attached hydrogen (secondary N) is 2. The average Bonchev–Trinajstić information content (AvgIpc) is 2.73. The summed E-state index contributed by atoms with van der Waals surface area (Å²) < 4.78 is 26.8. The van der Waals surface area contributed by atoms with E-state index in [-0.39, 0.29) is 5.25 Å². The van der Waals surface area contributed by atoms with Crippen molar-refractivity contribution in [1.82, 2.24) is 14.9 Å². The third kappa shape index (κ3) is 5.22. The summed E-state index contributed by atoms with van der Waals surface area (Å²) in [5.41, 5.74) is 0. The Labute approximate surface area is 111 Å². The predicted octanol–water partition coefficient (Wildman–Crippen LogP) is 0.246. The summed E-state index contributed by atoms with van der Waals surface area (Å²) in [6.07, 6.45) is 2.11. The van der Waals surface area contributed by atoms with Crippen LogP contribution < -0.4 is 10.0 Å². The largest absolute Gasteiger partial charge is 0.315 e. The van der Waals surface area contributed by atoms with E-state index in [9.17, 15) is 8.42 Å². The number of sulfonamides is 1. The first-order valence-corrected chi connectivity index (χ1v) is 8.38. The zero-order valence-corrected chi connectivity index (χ0v) is 12.6. The number of likely N-dealkylation sites (tertiary alicyclic amines) is 1. The van der Waals surface area contributed by atoms with Crippen LogP contribution in [0.15, 0.2) is 0 Å². The summed E-state index contributed by atoms with van der Waals surface area (Å²) in [4.78, 5) is 2.24. The first-order valence-electron chi connectivity index (χ1n) is 6.83. The molecule has 0 bridgehead atoms. The fourth-order valence-corrected chi connectivity index (χ4v) is 3.25. The number of hydrogen-bond donors (Lipinski definition) is 2. The van der Waals surface area contributed by atoms with Crippen molar-refractivity contribution in [3.63, 3.8) is 0 Å². The van der Waals surface area contributed by atoms with Crippen LogP contribution in [0.4, 0.5) is 0 Å². The zero-order chi connectivity index (χ0) is 13.6. The van der Waals surface area contributed by atoms with E-state index in [1.165, 1.54) is 0 Å². The second-order valence-electron chi connectivity index (χ2n) is 5.33. The van der Waals surface area contributed by atoms with Crippen LogP contribution in [0.25, 0.3) is 0 Å². The third-order valence-electron chi connectivity index (χ3n) is 3.45. The smallest absolute Gasteiger partial charge is 0.215 e. The first-order chi connectivity index (χ1) is 8.45. The monoisotopic (exact) mass is 277 g/mol. The van der Waals surface area contributed by atoms with Gasteiger partial charge in [0, 0.05) is 19.6 Å². The molecule has 6 heteroatoms. The molecule has 1 heterocycles. The van der Waals surface area contributed by atoms with E-state index in [4.69, 9.17) is 0 Å². The second kappa shape index (κ2) is 7.43. The van der Waals surface area contributed by atoms with Crippen LogP contribution in [0.2, 0.25) is 0 Å². The van der Waals surface area contributed by atoms with Crippen molar-refractivity contribution in [2.45, 2.75) is 31.9 Å². The van der Waals surface area contributed by atoms with Crippen LogP contribution in [-0.4, -0.2) is 58.3 Å². The fourth-order valence-electron chi connectivity index (χ4n) is 2.16. The van der Waals surface area contributed by atoms with Gasteiger partial charge in [0.2, 0.25) is 10.0 Å². The Balaban J connectivity index is 2.30. The van der Waals surface area contributed by atoms with Crippen LogP contribution in [0.1, 0.15) is 26.7 Å². The van der Waals surface area contributed by atoms with Gasteiger partial charge in [-0.1, -0.05) is 6.92 Å². The number of nitrogens with zero attached hydrogens (tertiary/aromatic N) is 1. The van der Waals surface area contributed by atoms with Gasteiger partial charge in [0.1, 0.15) is 0 Å². The molecule has 1 fully saturated rings. The lowest BCUT2D eigenvalue weighted by Gasteiger charge is -2.17. The van der Waals surface area contributed by atoms with Gasteiger partial charge in [0.15, 0.2) is 0 Å². The van der Waals surface area contributed by atoms with Gasteiger partial charge in [-0.15, -0.1) is 0 Å². The molecule has 2 N–H and O–H groups in total. The van der Waals surface area contributed by atoms with Gasteiger partial charge in [0.25, 0.3) is 0 Å². The average molecular weight is 277 g/mol. The molecule has 0 spiro atoms. The van der Waals surface area contributed by atoms with E-state index in [0.29, 0.717) is 19.0 Å². The van der Waals surface area contributed by atoms with E-state index in [2.05, 4.69) is 28.9 Å². The van der Waals surface area contributed by atoms with Crippen molar-refractivity contribution in [3.8, 4) is 0 Å². The predicted molar refractivity (Wildman–Crippen MR) is 75.1 cm³/mol. The van der Waals surface area contributed by atoms with Crippen molar-refractivity contribution < 1.29 is 8.42 Å². The van der Waals surface area contributed by atoms with Crippen LogP contribution >= 0.6 is 0 Å². The Kier molecular flexibility index (Phi) is 6.55. The molecule has 0 amide bonds. The van der Waals surface area contributed by atoms with Crippen molar-refractivity contribution in [2.24, 2.45) is 5.92 Å². The highest BCUT2D eigenvalue weighted by Crippen LogP contribution is 2.13. The molecule has 1 saturated heterocycles. The molecule has 1 aliphatic rings. The van der Waals surface area contributed by atoms with Crippen molar-refractivity contribution in [3.05, 3.63) is 0 Å². The molecule has 5 nitrogen and oxygen atoms in total. The summed E-state index contributed by atoms with van der Waals surface area (Å²) in [7, 11) is -1.10. The summed E-state index contributed by atoms with van der Waals surface area (Å²) in [6, 6.07) is 0. The molecular weight excluding hydrogens is 250 g/mol. The highest BCUT2D eigenvalue weighted by atomic mass is 32.2. The minimum atomic E-state index is -3.18. The van der Waals surface area contributed by atoms with E-state index in [1.54, 1.807) is 6.92 Å². The maximum absolute atomic E-state index is 12.0. The Morgan fingerprint density at radius 2 is 2.17 bits per heavy atom. The summed E-state index contributed by atoms with van der Waals surface area (Å²) in [5, 5.41) is 2.78. The van der Waals surface area contributed by atoms with Crippen molar-refractivity contribution in [2.75, 3.05) is 39.8 Å². The van der Waals surface area contributed by atoms with Gasteiger partial charge in [-0.2, -0.15) is 0 Å². The third-order valence-corrected chi connectivity index (χ3v) is 5.25. The van der Waals surface area contributed by atoms with Crippen LogP contribution in [0.5, 0.6) is 0 Å². The van der Waals surface area contributed by atoms with Gasteiger partial charge in [-0.25, -0.2) is 13.1 Å². The second-order valence-corrected chi connectivity index (χ2v) is 7.51. The molecule has 0 aromatic heterocycles. The fraction of sp³-hybridized carbons (Fsp3) is 1.00. The van der Waals surface area contributed by atoms with Gasteiger partial charge in [-0.05, 0) is 45.8 Å². The summed E-state index contributed by atoms with van der Waals surface area (Å²) >= 11 is 0. The maximum atomic E-state index is 12.0. The summed E-state index contributed by atoms with van der Waals surface area (Å²) in [5.74, 6) is 0.459. The molecule has 0 saturated carbocycles. The lowest BCUT2D eigenvalue weighted by Crippen LogP contribution is -2.41. The van der Waals surface area contributed by atoms with Crippen LogP contribution in [0, 0.1) is 5.92 Å². The quantitative estimate of drug-likeness (QED) is 0.624. The highest BCUT2D eigenvalue weighted by molar-refractivity contribution is 7.90. The molecule has 18 heavy (non-hydrogen) atoms. The Morgan fingerprint density at radius 3 is 2.72 bits per heavy atom. The van der Waals surface area contributed by atoms with E-state index >= 15 is 0 Å². The highest BCUT2D eigenvalue weighted by Gasteiger charge is 2.24. The van der Waals surface area contributed by atoms with E-state index < -0.39 is 10.0 Å². The molecule has 0 radical (unpaired) electrons. The SMILES string of the molecule is CCCNCC(C)S(=O)(=O)NCC1CCN(C)C1. The molecule has 2 unspecified atom stereocenters. The molecule has 0 aromatic carbocycles. The van der Waals surface area contributed by atoms with Gasteiger partial charge in [-0.3, -0.25) is 0 Å². The number of hydrogen-bond acceptors (Lipinski definition) is 4. The van der Waals surface area contributed by atoms with Crippen molar-refractivity contribution in [1.29, 1.82) is 0 Å². The molecule has 108 valence electrons. The maximum Gasteiger partial charge on any atom is 0.215 e. The van der Waals surface area contributed by atoms with Crippen LogP contribution in [0.3, 0.4) is 0 Å². The summed E-state index contributed by atoms with van der Waals surface area (Å²) in [6.45, 7) is 7.85. The lowest BCUT2D eigenvalue weighted by atomic mass is 10.1. The molecule has 0 aliphatic carbocycles. The molecule has 1 aliphatic heterocycles. The van der Waals surface area contributed by atoms with E-state index in [1.807, 2.05) is 0 Å². The van der Waals surface area contributed by atoms with Gasteiger partial charge < -0.3 is 10.2 Å². The minimum absolute atomic E-state index is 0.372. The van der Waals surface area contributed by atoms with Crippen LogP contribution in [-0.2, 0) is 10.0 Å². The van der Waals surface area contributed by atoms with Gasteiger partial charge >= 0.3 is 0 Å². The molecule has 2 atom stereocenters. The van der Waals surface area contributed by atoms with Gasteiger partial charge in [0.05, 0.1) is 5.25 Å². The Hall–Kier alpha value is -0.170. The van der Waals surface area contributed by atoms with Crippen molar-refractivity contribution >= 4 is 10.0 Å². The minimum Gasteiger partial charge on any atom is -0.315 e. The Morgan fingerprint density at radius 1 is 1.44 bits per heavy atom. The first kappa shape index (κ1) is 15.9. The Bertz CT molecular complexity index is 332. The standard InChI is InChI=1S/C12H27N3O2S/c1-4-6-13-8-11(2)18(16,17)14-9-12-5-7-15(3)10-12/h11-14H,4-10H2,1-3H3. The molecular formula is C12H27N3O2S. The normalized spacial score (nSPS) is 23.4. The molecule has 0 aromatic rings. The molecule has 1 rings (SSSR count). The lowest BCUT2D eigenvalue weighted by molar-refractivity contribution is 0.394. The zero-order valence-electron chi connectivity index (χ0n) is 11.8. The topological polar surface area (TPSA) is 61.4 Å².